The fourth-order valence-corrected chi connectivity index (χ4v) is 2.04. The van der Waals surface area contributed by atoms with Gasteiger partial charge in [-0.2, -0.15) is 0 Å². The van der Waals surface area contributed by atoms with Crippen LogP contribution in [0, 0.1) is 5.82 Å². The molecule has 0 fully saturated rings. The van der Waals surface area contributed by atoms with Crippen LogP contribution < -0.4 is 10.3 Å². The number of carbonyl (C=O) groups is 1. The first-order valence-electron chi connectivity index (χ1n) is 7.69. The summed E-state index contributed by atoms with van der Waals surface area (Å²) >= 11 is 0. The molecule has 1 heterocycles. The van der Waals surface area contributed by atoms with E-state index in [9.17, 15) is 14.0 Å². The van der Waals surface area contributed by atoms with Crippen LogP contribution in [0.2, 0.25) is 0 Å². The summed E-state index contributed by atoms with van der Waals surface area (Å²) in [5.41, 5.74) is 1.56. The lowest BCUT2D eigenvalue weighted by atomic mass is 10.2. The van der Waals surface area contributed by atoms with Gasteiger partial charge in [-0.3, -0.25) is 14.2 Å². The van der Waals surface area contributed by atoms with Crippen molar-refractivity contribution in [2.45, 2.75) is 27.4 Å². The van der Waals surface area contributed by atoms with Gasteiger partial charge in [0.1, 0.15) is 30.3 Å². The Hall–Kier alpha value is -3.02. The van der Waals surface area contributed by atoms with Crippen molar-refractivity contribution < 1.29 is 13.9 Å². The second-order valence-electron chi connectivity index (χ2n) is 5.53. The second kappa shape index (κ2) is 8.19. The lowest BCUT2D eigenvalue weighted by Gasteiger charge is -2.09. The summed E-state index contributed by atoms with van der Waals surface area (Å²) < 4.78 is 19.8. The third-order valence-electron chi connectivity index (χ3n) is 3.64. The molecule has 0 saturated heterocycles. The number of allylic oxidation sites excluding steroid dienone is 2. The number of halogens is 1. The molecule has 6 heteroatoms. The highest BCUT2D eigenvalue weighted by atomic mass is 19.1. The Kier molecular flexibility index (Phi) is 6.00. The van der Waals surface area contributed by atoms with E-state index in [2.05, 4.69) is 4.99 Å². The number of nitrogens with zero attached hydrogens (tertiary/aromatic N) is 2. The molecule has 0 atom stereocenters. The summed E-state index contributed by atoms with van der Waals surface area (Å²) in [5.74, 6) is 0.554. The first-order chi connectivity index (χ1) is 11.9. The minimum atomic E-state index is -0.310. The highest BCUT2D eigenvalue weighted by Crippen LogP contribution is 2.11. The minimum absolute atomic E-state index is 0.233. The number of pyridine rings is 1. The Morgan fingerprint density at radius 1 is 1.20 bits per heavy atom. The number of benzene rings is 1. The molecule has 0 amide bonds. The van der Waals surface area contributed by atoms with Gasteiger partial charge < -0.3 is 4.74 Å². The number of hydrogen-bond donors (Lipinski definition) is 0. The molecular formula is C19H19FN2O3. The van der Waals surface area contributed by atoms with Gasteiger partial charge >= 0.3 is 0 Å². The zero-order chi connectivity index (χ0) is 18.4. The highest BCUT2D eigenvalue weighted by molar-refractivity contribution is 5.84. The average molecular weight is 342 g/mol. The van der Waals surface area contributed by atoms with Gasteiger partial charge in [0.2, 0.25) is 0 Å². The molecule has 2 aromatic rings. The zero-order valence-corrected chi connectivity index (χ0v) is 14.3. The number of aldehydes is 1. The van der Waals surface area contributed by atoms with Gasteiger partial charge in [-0.05, 0) is 44.5 Å². The highest BCUT2D eigenvalue weighted by Gasteiger charge is 2.04. The van der Waals surface area contributed by atoms with E-state index >= 15 is 0 Å². The van der Waals surface area contributed by atoms with Crippen LogP contribution in [0.15, 0.2) is 63.7 Å². The third kappa shape index (κ3) is 4.97. The molecule has 25 heavy (non-hydrogen) atoms. The van der Waals surface area contributed by atoms with Gasteiger partial charge in [-0.25, -0.2) is 9.38 Å². The van der Waals surface area contributed by atoms with Crippen LogP contribution in [0.5, 0.6) is 5.75 Å². The molecule has 0 aliphatic heterocycles. The van der Waals surface area contributed by atoms with Crippen molar-refractivity contribution in [1.29, 1.82) is 0 Å². The van der Waals surface area contributed by atoms with Crippen molar-refractivity contribution in [3.63, 3.8) is 0 Å². The van der Waals surface area contributed by atoms with Crippen LogP contribution in [0.3, 0.4) is 0 Å². The molecule has 1 aromatic carbocycles. The number of aliphatic imine (C=N–C) groups is 1. The van der Waals surface area contributed by atoms with Gasteiger partial charge in [-0.15, -0.1) is 0 Å². The topological polar surface area (TPSA) is 60.7 Å². The number of aromatic nitrogens is 1. The average Bonchev–Trinajstić information content (AvgIpc) is 2.60. The molecule has 0 saturated carbocycles. The van der Waals surface area contributed by atoms with Crippen LogP contribution in [0.1, 0.15) is 26.3 Å². The molecule has 0 bridgehead atoms. The van der Waals surface area contributed by atoms with E-state index in [1.807, 2.05) is 0 Å². The summed E-state index contributed by atoms with van der Waals surface area (Å²) in [6, 6.07) is 8.96. The van der Waals surface area contributed by atoms with Crippen LogP contribution in [-0.4, -0.2) is 16.7 Å². The molecule has 130 valence electrons. The Morgan fingerprint density at radius 3 is 2.48 bits per heavy atom. The number of ether oxygens (including phenoxy) is 1. The lowest BCUT2D eigenvalue weighted by Crippen LogP contribution is -2.24. The van der Waals surface area contributed by atoms with Gasteiger partial charge in [0.05, 0.1) is 0 Å². The molecule has 2 rings (SSSR count). The molecule has 0 aliphatic rings. The van der Waals surface area contributed by atoms with Crippen molar-refractivity contribution in [3.8, 4) is 5.75 Å². The van der Waals surface area contributed by atoms with E-state index in [0.29, 0.717) is 22.9 Å². The van der Waals surface area contributed by atoms with Crippen molar-refractivity contribution in [3.05, 3.63) is 75.6 Å². The summed E-state index contributed by atoms with van der Waals surface area (Å²) in [5, 5.41) is 0. The van der Waals surface area contributed by atoms with E-state index < -0.39 is 0 Å². The molecule has 0 unspecified atom stereocenters. The standard InChI is InChI=1S/C19H19FN2O3/c1-13(11-23)14(2)21-15(3)22-9-8-18(10-19(22)24)25-12-16-4-6-17(20)7-5-16/h4-11H,12H2,1-3H3/b14-13+,21-15?. The fraction of sp³-hybridized carbons (Fsp3) is 0.211. The van der Waals surface area contributed by atoms with Gasteiger partial charge in [0.25, 0.3) is 5.56 Å². The number of rotatable bonds is 5. The number of carbonyl (C=O) groups excluding carboxylic acids is 1. The smallest absolute Gasteiger partial charge is 0.259 e. The Morgan fingerprint density at radius 2 is 1.88 bits per heavy atom. The summed E-state index contributed by atoms with van der Waals surface area (Å²) in [4.78, 5) is 27.2. The molecule has 0 aliphatic carbocycles. The van der Waals surface area contributed by atoms with Crippen molar-refractivity contribution >= 4 is 12.1 Å². The Balaban J connectivity index is 2.15. The van der Waals surface area contributed by atoms with Crippen molar-refractivity contribution in [2.75, 3.05) is 0 Å². The number of hydrogen-bond acceptors (Lipinski definition) is 4. The predicted molar refractivity (Wildman–Crippen MR) is 94.4 cm³/mol. The van der Waals surface area contributed by atoms with Crippen molar-refractivity contribution in [1.82, 2.24) is 4.57 Å². The van der Waals surface area contributed by atoms with Crippen LogP contribution in [0.25, 0.3) is 0 Å². The van der Waals surface area contributed by atoms with E-state index in [-0.39, 0.29) is 18.0 Å². The molecule has 5 nitrogen and oxygen atoms in total. The first kappa shape index (κ1) is 18.3. The van der Waals surface area contributed by atoms with Crippen molar-refractivity contribution in [2.24, 2.45) is 4.99 Å². The van der Waals surface area contributed by atoms with E-state index in [4.69, 9.17) is 4.74 Å². The van der Waals surface area contributed by atoms with Crippen LogP contribution >= 0.6 is 0 Å². The van der Waals surface area contributed by atoms with Gasteiger partial charge in [0, 0.05) is 23.5 Å². The Bertz CT molecular complexity index is 880. The second-order valence-corrected chi connectivity index (χ2v) is 5.53. The SMILES string of the molecule is CC(=N/C(C)=C(\C)C=O)n1ccc(OCc2ccc(F)cc2)cc1=O. The summed E-state index contributed by atoms with van der Waals surface area (Å²) in [7, 11) is 0. The van der Waals surface area contributed by atoms with Gasteiger partial charge in [-0.1, -0.05) is 12.1 Å². The molecule has 1 aromatic heterocycles. The molecular weight excluding hydrogens is 323 g/mol. The summed E-state index contributed by atoms with van der Waals surface area (Å²) in [6.07, 6.45) is 2.28. The maximum Gasteiger partial charge on any atom is 0.259 e. The molecule has 0 radical (unpaired) electrons. The molecule has 0 spiro atoms. The fourth-order valence-electron chi connectivity index (χ4n) is 2.04. The molecule has 0 N–H and O–H groups in total. The van der Waals surface area contributed by atoms with Gasteiger partial charge in [0.15, 0.2) is 0 Å². The summed E-state index contributed by atoms with van der Waals surface area (Å²) in [6.45, 7) is 5.28. The largest absolute Gasteiger partial charge is 0.489 e. The predicted octanol–water partition coefficient (Wildman–Crippen LogP) is 3.33. The monoisotopic (exact) mass is 342 g/mol. The van der Waals surface area contributed by atoms with Crippen LogP contribution in [0.4, 0.5) is 4.39 Å². The quantitative estimate of drug-likeness (QED) is 0.362. The van der Waals surface area contributed by atoms with Crippen LogP contribution in [-0.2, 0) is 11.4 Å². The zero-order valence-electron chi connectivity index (χ0n) is 14.3. The lowest BCUT2D eigenvalue weighted by molar-refractivity contribution is -0.104. The normalized spacial score (nSPS) is 12.6. The van der Waals surface area contributed by atoms with E-state index in [0.717, 1.165) is 11.8 Å². The maximum atomic E-state index is 12.9. The first-order valence-corrected chi connectivity index (χ1v) is 7.69. The maximum absolute atomic E-state index is 12.9. The van der Waals surface area contributed by atoms with E-state index in [1.165, 1.54) is 22.8 Å². The minimum Gasteiger partial charge on any atom is -0.489 e. The Labute approximate surface area is 145 Å². The third-order valence-corrected chi connectivity index (χ3v) is 3.64. The van der Waals surface area contributed by atoms with E-state index in [1.54, 1.807) is 45.2 Å².